The fourth-order valence-corrected chi connectivity index (χ4v) is 1.60. The average Bonchev–Trinajstić information content (AvgIpc) is 2.88. The van der Waals surface area contributed by atoms with Gasteiger partial charge in [-0.25, -0.2) is 0 Å². The number of carbonyl (C=O) groups excluding carboxylic acids is 1. The Kier molecular flexibility index (Phi) is 4.15. The fourth-order valence-electron chi connectivity index (χ4n) is 1.40. The van der Waals surface area contributed by atoms with Gasteiger partial charge in [0.05, 0.1) is 6.20 Å². The molecule has 2 N–H and O–H groups in total. The molecule has 5 heteroatoms. The van der Waals surface area contributed by atoms with Crippen LogP contribution in [-0.4, -0.2) is 16.1 Å². The first-order valence-electron chi connectivity index (χ1n) is 5.44. The molecule has 0 bridgehead atoms. The van der Waals surface area contributed by atoms with Gasteiger partial charge in [0.25, 0.3) is 0 Å². The number of aromatic nitrogens is 2. The van der Waals surface area contributed by atoms with E-state index in [-0.39, 0.29) is 5.91 Å². The molecule has 0 saturated heterocycles. The summed E-state index contributed by atoms with van der Waals surface area (Å²) in [6.07, 6.45) is 6.55. The van der Waals surface area contributed by atoms with Crippen molar-refractivity contribution in [2.75, 3.05) is 0 Å². The smallest absolute Gasteiger partial charge is 0.244 e. The summed E-state index contributed by atoms with van der Waals surface area (Å²) < 4.78 is 0. The van der Waals surface area contributed by atoms with Crippen molar-refractivity contribution in [2.24, 2.45) is 0 Å². The molecule has 0 radical (unpaired) electrons. The molecule has 1 aromatic carbocycles. The van der Waals surface area contributed by atoms with Crippen molar-refractivity contribution in [1.29, 1.82) is 0 Å². The normalized spacial score (nSPS) is 10.7. The molecule has 0 aliphatic heterocycles. The van der Waals surface area contributed by atoms with Crippen LogP contribution in [0.2, 0.25) is 5.02 Å². The second-order valence-electron chi connectivity index (χ2n) is 3.68. The predicted molar refractivity (Wildman–Crippen MR) is 70.9 cm³/mol. The molecule has 0 aliphatic rings. The van der Waals surface area contributed by atoms with Crippen LogP contribution in [0.15, 0.2) is 42.7 Å². The first-order valence-corrected chi connectivity index (χ1v) is 5.81. The Balaban J connectivity index is 1.89. The Morgan fingerprint density at radius 1 is 1.44 bits per heavy atom. The van der Waals surface area contributed by atoms with E-state index in [4.69, 9.17) is 11.6 Å². The summed E-state index contributed by atoms with van der Waals surface area (Å²) in [5.74, 6) is -0.170. The third kappa shape index (κ3) is 3.46. The number of halogens is 1. The molecule has 0 saturated carbocycles. The fraction of sp³-hybridized carbons (Fsp3) is 0.0769. The van der Waals surface area contributed by atoms with Crippen LogP contribution in [0.1, 0.15) is 11.1 Å². The van der Waals surface area contributed by atoms with E-state index in [9.17, 15) is 4.79 Å². The number of amides is 1. The van der Waals surface area contributed by atoms with Crippen LogP contribution in [0.3, 0.4) is 0 Å². The Morgan fingerprint density at radius 2 is 2.28 bits per heavy atom. The van der Waals surface area contributed by atoms with Crippen molar-refractivity contribution < 1.29 is 4.79 Å². The molecule has 4 nitrogen and oxygen atoms in total. The molecule has 92 valence electrons. The predicted octanol–water partition coefficient (Wildman–Crippen LogP) is 2.39. The van der Waals surface area contributed by atoms with Gasteiger partial charge >= 0.3 is 0 Å². The number of nitrogens with one attached hydrogen (secondary N) is 2. The van der Waals surface area contributed by atoms with Gasteiger partial charge in [0.15, 0.2) is 0 Å². The molecule has 2 aromatic rings. The summed E-state index contributed by atoms with van der Waals surface area (Å²) >= 11 is 5.97. The van der Waals surface area contributed by atoms with Crippen LogP contribution in [0.4, 0.5) is 0 Å². The molecule has 2 rings (SSSR count). The highest BCUT2D eigenvalue weighted by Crippen LogP contribution is 2.15. The zero-order valence-corrected chi connectivity index (χ0v) is 10.3. The zero-order chi connectivity index (χ0) is 12.8. The Hall–Kier alpha value is -2.07. The first kappa shape index (κ1) is 12.4. The molecule has 0 atom stereocenters. The highest BCUT2D eigenvalue weighted by Gasteiger charge is 1.98. The number of nitrogens with zero attached hydrogens (tertiary/aromatic N) is 1. The maximum absolute atomic E-state index is 11.6. The van der Waals surface area contributed by atoms with Crippen LogP contribution >= 0.6 is 11.6 Å². The number of hydrogen-bond donors (Lipinski definition) is 2. The molecular formula is C13H12ClN3O. The molecule has 1 aromatic heterocycles. The van der Waals surface area contributed by atoms with Gasteiger partial charge in [-0.3, -0.25) is 9.89 Å². The highest BCUT2D eigenvalue weighted by atomic mass is 35.5. The number of carbonyl (C=O) groups is 1. The lowest BCUT2D eigenvalue weighted by atomic mass is 10.2. The van der Waals surface area contributed by atoms with Gasteiger partial charge in [0, 0.05) is 29.4 Å². The van der Waals surface area contributed by atoms with Crippen LogP contribution in [0, 0.1) is 0 Å². The van der Waals surface area contributed by atoms with Gasteiger partial charge in [0.1, 0.15) is 0 Å². The Labute approximate surface area is 110 Å². The van der Waals surface area contributed by atoms with E-state index in [1.54, 1.807) is 24.5 Å². The van der Waals surface area contributed by atoms with E-state index in [2.05, 4.69) is 15.5 Å². The minimum Gasteiger partial charge on any atom is -0.348 e. The first-order chi connectivity index (χ1) is 8.75. The summed E-state index contributed by atoms with van der Waals surface area (Å²) in [4.78, 5) is 11.6. The third-order valence-electron chi connectivity index (χ3n) is 2.34. The molecule has 18 heavy (non-hydrogen) atoms. The SMILES string of the molecule is O=C(/C=C/c1ccccc1Cl)NCc1cn[nH]c1. The third-order valence-corrected chi connectivity index (χ3v) is 2.69. The van der Waals surface area contributed by atoms with E-state index in [1.165, 1.54) is 6.08 Å². The van der Waals surface area contributed by atoms with Crippen LogP contribution < -0.4 is 5.32 Å². The molecule has 0 spiro atoms. The lowest BCUT2D eigenvalue weighted by molar-refractivity contribution is -0.116. The summed E-state index contributed by atoms with van der Waals surface area (Å²) in [5, 5.41) is 9.84. The van der Waals surface area contributed by atoms with Crippen LogP contribution in [0.25, 0.3) is 6.08 Å². The molecule has 1 heterocycles. The topological polar surface area (TPSA) is 57.8 Å². The summed E-state index contributed by atoms with van der Waals surface area (Å²) in [5.41, 5.74) is 1.74. The molecule has 0 fully saturated rings. The minimum atomic E-state index is -0.170. The Bertz CT molecular complexity index is 549. The molecule has 1 amide bonds. The van der Waals surface area contributed by atoms with E-state index >= 15 is 0 Å². The largest absolute Gasteiger partial charge is 0.348 e. The van der Waals surface area contributed by atoms with E-state index < -0.39 is 0 Å². The average molecular weight is 262 g/mol. The van der Waals surface area contributed by atoms with Crippen LogP contribution in [-0.2, 0) is 11.3 Å². The van der Waals surface area contributed by atoms with Gasteiger partial charge in [-0.15, -0.1) is 0 Å². The van der Waals surface area contributed by atoms with Crippen LogP contribution in [0.5, 0.6) is 0 Å². The lowest BCUT2D eigenvalue weighted by Crippen LogP contribution is -2.19. The van der Waals surface area contributed by atoms with Gasteiger partial charge in [-0.2, -0.15) is 5.10 Å². The maximum Gasteiger partial charge on any atom is 0.244 e. The Morgan fingerprint density at radius 3 is 3.00 bits per heavy atom. The lowest BCUT2D eigenvalue weighted by Gasteiger charge is -1.99. The number of aromatic amines is 1. The van der Waals surface area contributed by atoms with E-state index in [0.29, 0.717) is 11.6 Å². The number of rotatable bonds is 4. The zero-order valence-electron chi connectivity index (χ0n) is 9.56. The van der Waals surface area contributed by atoms with E-state index in [0.717, 1.165) is 11.1 Å². The quantitative estimate of drug-likeness (QED) is 0.831. The maximum atomic E-state index is 11.6. The van der Waals surface area contributed by atoms with Crippen molar-refractivity contribution in [2.45, 2.75) is 6.54 Å². The molecule has 0 unspecified atom stereocenters. The van der Waals surface area contributed by atoms with Gasteiger partial charge in [-0.1, -0.05) is 29.8 Å². The number of H-pyrrole nitrogens is 1. The highest BCUT2D eigenvalue weighted by molar-refractivity contribution is 6.32. The number of hydrogen-bond acceptors (Lipinski definition) is 2. The second kappa shape index (κ2) is 6.02. The van der Waals surface area contributed by atoms with E-state index in [1.807, 2.05) is 18.2 Å². The molecular weight excluding hydrogens is 250 g/mol. The monoisotopic (exact) mass is 261 g/mol. The van der Waals surface area contributed by atoms with Crippen molar-refractivity contribution in [3.8, 4) is 0 Å². The van der Waals surface area contributed by atoms with Gasteiger partial charge in [0.2, 0.25) is 5.91 Å². The van der Waals surface area contributed by atoms with Crippen molar-refractivity contribution in [1.82, 2.24) is 15.5 Å². The van der Waals surface area contributed by atoms with Gasteiger partial charge in [-0.05, 0) is 17.7 Å². The minimum absolute atomic E-state index is 0.170. The summed E-state index contributed by atoms with van der Waals surface area (Å²) in [6, 6.07) is 7.35. The summed E-state index contributed by atoms with van der Waals surface area (Å²) in [6.45, 7) is 0.447. The summed E-state index contributed by atoms with van der Waals surface area (Å²) in [7, 11) is 0. The standard InChI is InChI=1S/C13H12ClN3O/c14-12-4-2-1-3-11(12)5-6-13(18)15-7-10-8-16-17-9-10/h1-6,8-9H,7H2,(H,15,18)(H,16,17)/b6-5+. The van der Waals surface area contributed by atoms with Crippen molar-refractivity contribution in [3.63, 3.8) is 0 Å². The van der Waals surface area contributed by atoms with Crippen molar-refractivity contribution in [3.05, 3.63) is 58.9 Å². The van der Waals surface area contributed by atoms with Crippen molar-refractivity contribution >= 4 is 23.6 Å². The molecule has 0 aliphatic carbocycles. The van der Waals surface area contributed by atoms with Gasteiger partial charge < -0.3 is 5.32 Å². The second-order valence-corrected chi connectivity index (χ2v) is 4.09. The number of benzene rings is 1.